The average molecular weight is 403 g/mol. The lowest BCUT2D eigenvalue weighted by atomic mass is 10.0. The van der Waals surface area contributed by atoms with Gasteiger partial charge in [0, 0.05) is 26.2 Å². The first-order chi connectivity index (χ1) is 13.7. The van der Waals surface area contributed by atoms with E-state index in [-0.39, 0.29) is 23.4 Å². The molecule has 9 nitrogen and oxygen atoms in total. The number of halogens is 2. The second-order valence-electron chi connectivity index (χ2n) is 7.69. The van der Waals surface area contributed by atoms with Crippen LogP contribution in [0, 0.1) is 0 Å². The topological polar surface area (TPSA) is 98.4 Å². The highest BCUT2D eigenvalue weighted by Gasteiger charge is 2.34. The van der Waals surface area contributed by atoms with Gasteiger partial charge in [-0.3, -0.25) is 0 Å². The summed E-state index contributed by atoms with van der Waals surface area (Å²) < 4.78 is 29.4. The highest BCUT2D eigenvalue weighted by molar-refractivity contribution is 5.55. The SMILES string of the molecule is CNc1nc(Nc2cc(C(C)(C)n3nccn3)nn2C2CC2)ncc1C(C)(F)F. The van der Waals surface area contributed by atoms with Crippen molar-refractivity contribution in [2.24, 2.45) is 0 Å². The zero-order valence-electron chi connectivity index (χ0n) is 16.7. The molecule has 11 heteroatoms. The van der Waals surface area contributed by atoms with Gasteiger partial charge in [-0.05, 0) is 26.7 Å². The Morgan fingerprint density at radius 1 is 1.14 bits per heavy atom. The van der Waals surface area contributed by atoms with Crippen LogP contribution in [0.3, 0.4) is 0 Å². The van der Waals surface area contributed by atoms with Gasteiger partial charge in [0.15, 0.2) is 0 Å². The molecule has 0 radical (unpaired) electrons. The van der Waals surface area contributed by atoms with Crippen LogP contribution in [0.5, 0.6) is 0 Å². The van der Waals surface area contributed by atoms with Crippen molar-refractivity contribution in [1.82, 2.24) is 34.7 Å². The fourth-order valence-electron chi connectivity index (χ4n) is 3.06. The van der Waals surface area contributed by atoms with Gasteiger partial charge in [0.2, 0.25) is 5.95 Å². The lowest BCUT2D eigenvalue weighted by Gasteiger charge is -2.20. The minimum absolute atomic E-state index is 0.0776. The largest absolute Gasteiger partial charge is 0.373 e. The molecule has 1 fully saturated rings. The van der Waals surface area contributed by atoms with Crippen molar-refractivity contribution < 1.29 is 8.78 Å². The van der Waals surface area contributed by atoms with Gasteiger partial charge in [0.05, 0.1) is 29.7 Å². The molecule has 2 N–H and O–H groups in total. The van der Waals surface area contributed by atoms with Gasteiger partial charge in [-0.25, -0.2) is 18.4 Å². The van der Waals surface area contributed by atoms with Crippen molar-refractivity contribution in [2.45, 2.75) is 51.1 Å². The van der Waals surface area contributed by atoms with Crippen LogP contribution >= 0.6 is 0 Å². The number of alkyl halides is 2. The third kappa shape index (κ3) is 3.64. The van der Waals surface area contributed by atoms with Gasteiger partial charge in [-0.15, -0.1) is 0 Å². The van der Waals surface area contributed by atoms with Gasteiger partial charge >= 0.3 is 0 Å². The van der Waals surface area contributed by atoms with Crippen LogP contribution in [0.4, 0.5) is 26.4 Å². The molecule has 154 valence electrons. The standard InChI is InChI=1S/C18H23F2N9/c1-17(2,29-23-7-8-24-29)13-9-14(28(27-13)11-5-6-11)25-16-22-10-12(18(3,19)20)15(21-4)26-16/h7-11H,5-6H2,1-4H3,(H2,21,22,25,26). The summed E-state index contributed by atoms with van der Waals surface area (Å²) in [5.41, 5.74) is -0.0490. The van der Waals surface area contributed by atoms with Crippen LogP contribution in [0.25, 0.3) is 0 Å². The third-order valence-electron chi connectivity index (χ3n) is 4.91. The van der Waals surface area contributed by atoms with Crippen molar-refractivity contribution in [3.63, 3.8) is 0 Å². The van der Waals surface area contributed by atoms with E-state index in [1.54, 1.807) is 24.2 Å². The fourth-order valence-corrected chi connectivity index (χ4v) is 3.06. The minimum Gasteiger partial charge on any atom is -0.373 e. The minimum atomic E-state index is -3.04. The molecule has 3 aromatic heterocycles. The summed E-state index contributed by atoms with van der Waals surface area (Å²) in [4.78, 5) is 9.89. The summed E-state index contributed by atoms with van der Waals surface area (Å²) in [6.07, 6.45) is 6.44. The smallest absolute Gasteiger partial charge is 0.275 e. The van der Waals surface area contributed by atoms with E-state index in [4.69, 9.17) is 5.10 Å². The number of hydrogen-bond donors (Lipinski definition) is 2. The van der Waals surface area contributed by atoms with Gasteiger partial charge in [0.25, 0.3) is 5.92 Å². The van der Waals surface area contributed by atoms with Gasteiger partial charge in [-0.1, -0.05) is 0 Å². The van der Waals surface area contributed by atoms with Crippen molar-refractivity contribution in [1.29, 1.82) is 0 Å². The predicted molar refractivity (Wildman–Crippen MR) is 103 cm³/mol. The van der Waals surface area contributed by atoms with Crippen LogP contribution in [-0.2, 0) is 11.5 Å². The number of rotatable bonds is 7. The highest BCUT2D eigenvalue weighted by Crippen LogP contribution is 2.39. The first-order valence-corrected chi connectivity index (χ1v) is 9.37. The summed E-state index contributed by atoms with van der Waals surface area (Å²) in [5.74, 6) is -2.05. The summed E-state index contributed by atoms with van der Waals surface area (Å²) in [6, 6.07) is 2.18. The lowest BCUT2D eigenvalue weighted by Crippen LogP contribution is -2.30. The van der Waals surface area contributed by atoms with E-state index in [0.717, 1.165) is 31.7 Å². The molecule has 0 saturated heterocycles. The molecular weight excluding hydrogens is 380 g/mol. The van der Waals surface area contributed by atoms with Crippen molar-refractivity contribution >= 4 is 17.6 Å². The molecule has 4 rings (SSSR count). The maximum Gasteiger partial charge on any atom is 0.275 e. The Balaban J connectivity index is 1.68. The van der Waals surface area contributed by atoms with Crippen molar-refractivity contribution in [2.75, 3.05) is 17.7 Å². The molecule has 0 spiro atoms. The third-order valence-corrected chi connectivity index (χ3v) is 4.91. The van der Waals surface area contributed by atoms with Crippen LogP contribution in [-0.4, -0.2) is 41.8 Å². The number of anilines is 3. The van der Waals surface area contributed by atoms with Crippen molar-refractivity contribution in [3.8, 4) is 0 Å². The molecule has 1 aliphatic carbocycles. The van der Waals surface area contributed by atoms with Crippen LogP contribution in [0.15, 0.2) is 24.7 Å². The van der Waals surface area contributed by atoms with Gasteiger partial charge in [-0.2, -0.15) is 25.1 Å². The molecule has 0 unspecified atom stereocenters. The van der Waals surface area contributed by atoms with E-state index >= 15 is 0 Å². The lowest BCUT2D eigenvalue weighted by molar-refractivity contribution is 0.0176. The Bertz CT molecular complexity index is 1000. The summed E-state index contributed by atoms with van der Waals surface area (Å²) in [7, 11) is 1.55. The molecule has 1 aliphatic rings. The maximum atomic E-state index is 13.7. The van der Waals surface area contributed by atoms with Gasteiger partial charge in [0.1, 0.15) is 17.2 Å². The first-order valence-electron chi connectivity index (χ1n) is 9.37. The molecule has 3 aromatic rings. The molecule has 0 atom stereocenters. The van der Waals surface area contributed by atoms with Gasteiger partial charge < -0.3 is 10.6 Å². The molecular formula is C18H23F2N9. The summed E-state index contributed by atoms with van der Waals surface area (Å²) >= 11 is 0. The van der Waals surface area contributed by atoms with E-state index in [9.17, 15) is 8.78 Å². The van der Waals surface area contributed by atoms with E-state index in [1.165, 1.54) is 0 Å². The Labute approximate surface area is 166 Å². The Morgan fingerprint density at radius 3 is 2.41 bits per heavy atom. The Kier molecular flexibility index (Phi) is 4.47. The predicted octanol–water partition coefficient (Wildman–Crippen LogP) is 3.28. The quantitative estimate of drug-likeness (QED) is 0.625. The van der Waals surface area contributed by atoms with E-state index < -0.39 is 11.5 Å². The highest BCUT2D eigenvalue weighted by atomic mass is 19.3. The monoisotopic (exact) mass is 403 g/mol. The molecule has 0 amide bonds. The number of hydrogen-bond acceptors (Lipinski definition) is 7. The normalized spacial score (nSPS) is 14.8. The molecule has 29 heavy (non-hydrogen) atoms. The molecule has 0 bridgehead atoms. The summed E-state index contributed by atoms with van der Waals surface area (Å²) in [5, 5.41) is 19.1. The Morgan fingerprint density at radius 2 is 1.83 bits per heavy atom. The zero-order chi connectivity index (χ0) is 20.8. The molecule has 3 heterocycles. The van der Waals surface area contributed by atoms with E-state index in [2.05, 4.69) is 30.8 Å². The number of aromatic nitrogens is 7. The zero-order valence-corrected chi connectivity index (χ0v) is 16.7. The van der Waals surface area contributed by atoms with Crippen LogP contribution in [0.2, 0.25) is 0 Å². The maximum absolute atomic E-state index is 13.7. The second kappa shape index (κ2) is 6.75. The molecule has 0 aromatic carbocycles. The molecule has 0 aliphatic heterocycles. The second-order valence-corrected chi connectivity index (χ2v) is 7.69. The average Bonchev–Trinajstić information content (AvgIpc) is 3.17. The Hall–Kier alpha value is -3.11. The number of nitrogens with one attached hydrogen (secondary N) is 2. The summed E-state index contributed by atoms with van der Waals surface area (Å²) in [6.45, 7) is 4.77. The fraction of sp³-hybridized carbons (Fsp3) is 0.500. The van der Waals surface area contributed by atoms with E-state index in [0.29, 0.717) is 5.82 Å². The first kappa shape index (κ1) is 19.2. The van der Waals surface area contributed by atoms with Crippen LogP contribution in [0.1, 0.15) is 50.9 Å². The van der Waals surface area contributed by atoms with Crippen molar-refractivity contribution in [3.05, 3.63) is 35.9 Å². The van der Waals surface area contributed by atoms with E-state index in [1.807, 2.05) is 24.6 Å². The van der Waals surface area contributed by atoms with Crippen LogP contribution < -0.4 is 10.6 Å². The molecule has 1 saturated carbocycles. The number of nitrogens with zero attached hydrogens (tertiary/aromatic N) is 7.